The number of hydrogen-bond acceptors (Lipinski definition) is 7. The molecule has 2 amide bonds. The van der Waals surface area contributed by atoms with Crippen molar-refractivity contribution in [1.82, 2.24) is 20.2 Å². The normalized spacial score (nSPS) is 15.6. The summed E-state index contributed by atoms with van der Waals surface area (Å²) in [5.41, 5.74) is 4.77. The molecule has 0 spiro atoms. The summed E-state index contributed by atoms with van der Waals surface area (Å²) >= 11 is 1.38. The largest absolute Gasteiger partial charge is 0.323 e. The van der Waals surface area contributed by atoms with E-state index in [0.29, 0.717) is 36.0 Å². The van der Waals surface area contributed by atoms with Gasteiger partial charge in [0.15, 0.2) is 5.13 Å². The average molecular weight is 444 g/mol. The molecule has 32 heavy (non-hydrogen) atoms. The molecular formula is C23H21N7OS. The van der Waals surface area contributed by atoms with Crippen LogP contribution >= 0.6 is 11.3 Å². The molecule has 1 atom stereocenters. The van der Waals surface area contributed by atoms with Gasteiger partial charge in [0.1, 0.15) is 6.04 Å². The predicted octanol–water partition coefficient (Wildman–Crippen LogP) is 3.69. The highest BCUT2D eigenvalue weighted by molar-refractivity contribution is 7.19. The Labute approximate surface area is 190 Å². The Morgan fingerprint density at radius 3 is 2.69 bits per heavy atom. The van der Waals surface area contributed by atoms with Crippen LogP contribution in [0.15, 0.2) is 36.4 Å². The van der Waals surface area contributed by atoms with Gasteiger partial charge in [-0.05, 0) is 43.7 Å². The highest BCUT2D eigenvalue weighted by atomic mass is 32.1. The third-order valence-electron chi connectivity index (χ3n) is 5.07. The molecule has 0 radical (unpaired) electrons. The minimum Gasteiger partial charge on any atom is -0.321 e. The second kappa shape index (κ2) is 9.15. The van der Waals surface area contributed by atoms with Crippen molar-refractivity contribution < 1.29 is 4.79 Å². The molecule has 3 aromatic rings. The molecule has 1 aliphatic heterocycles. The lowest BCUT2D eigenvalue weighted by Crippen LogP contribution is -2.53. The monoisotopic (exact) mass is 443 g/mol. The van der Waals surface area contributed by atoms with Crippen molar-refractivity contribution in [1.29, 1.82) is 10.5 Å². The van der Waals surface area contributed by atoms with E-state index in [-0.39, 0.29) is 12.1 Å². The summed E-state index contributed by atoms with van der Waals surface area (Å²) in [6.45, 7) is 5.28. The number of hydrogen-bond donors (Lipinski definition) is 2. The number of thiazole rings is 1. The Bertz CT molecular complexity index is 1230. The standard InChI is InChI=1S/C23H21N7OS/c1-14-8-18(9-15(2)27-14)21-20(17-5-3-4-16(10-17)11-24)28-22(32-21)29-23(31)30-7-6-26-19(12-25)13-30/h3-5,8-10,19,26H,6-7,13H2,1-2H3,(H,28,29,31)/t19-/m1/s1. The summed E-state index contributed by atoms with van der Waals surface area (Å²) in [7, 11) is 0. The van der Waals surface area contributed by atoms with Crippen molar-refractivity contribution in [3.05, 3.63) is 53.3 Å². The van der Waals surface area contributed by atoms with Gasteiger partial charge < -0.3 is 4.90 Å². The van der Waals surface area contributed by atoms with Crippen LogP contribution in [-0.4, -0.2) is 46.6 Å². The first kappa shape index (κ1) is 21.4. The Hall–Kier alpha value is -3.79. The minimum atomic E-state index is -0.381. The Morgan fingerprint density at radius 1 is 1.19 bits per heavy atom. The Kier molecular flexibility index (Phi) is 6.13. The number of nitrogens with one attached hydrogen (secondary N) is 2. The zero-order chi connectivity index (χ0) is 22.7. The van der Waals surface area contributed by atoms with Gasteiger partial charge in [0.25, 0.3) is 0 Å². The van der Waals surface area contributed by atoms with Crippen molar-refractivity contribution in [2.24, 2.45) is 0 Å². The number of anilines is 1. The molecule has 160 valence electrons. The highest BCUT2D eigenvalue weighted by Crippen LogP contribution is 2.39. The molecule has 3 heterocycles. The Morgan fingerprint density at radius 2 is 1.97 bits per heavy atom. The fourth-order valence-electron chi connectivity index (χ4n) is 3.66. The van der Waals surface area contributed by atoms with Gasteiger partial charge >= 0.3 is 6.03 Å². The lowest BCUT2D eigenvalue weighted by molar-refractivity contribution is 0.197. The molecular weight excluding hydrogens is 422 g/mol. The fraction of sp³-hybridized carbons (Fsp3) is 0.261. The maximum atomic E-state index is 12.8. The number of carbonyl (C=O) groups excluding carboxylic acids is 1. The van der Waals surface area contributed by atoms with E-state index in [2.05, 4.69) is 27.8 Å². The van der Waals surface area contributed by atoms with E-state index in [4.69, 9.17) is 10.2 Å². The summed E-state index contributed by atoms with van der Waals surface area (Å²) in [4.78, 5) is 24.5. The van der Waals surface area contributed by atoms with Crippen LogP contribution in [0, 0.1) is 36.5 Å². The van der Waals surface area contributed by atoms with Crippen molar-refractivity contribution in [3.8, 4) is 33.8 Å². The molecule has 1 aliphatic rings. The van der Waals surface area contributed by atoms with Crippen LogP contribution in [0.3, 0.4) is 0 Å². The van der Waals surface area contributed by atoms with Gasteiger partial charge in [-0.15, -0.1) is 0 Å². The van der Waals surface area contributed by atoms with Crippen LogP contribution in [-0.2, 0) is 0 Å². The molecule has 0 bridgehead atoms. The number of piperazine rings is 1. The molecule has 4 rings (SSSR count). The number of nitriles is 2. The molecule has 2 aromatic heterocycles. The van der Waals surface area contributed by atoms with Crippen molar-refractivity contribution in [2.45, 2.75) is 19.9 Å². The van der Waals surface area contributed by atoms with Gasteiger partial charge in [-0.1, -0.05) is 23.5 Å². The molecule has 0 unspecified atom stereocenters. The zero-order valence-corrected chi connectivity index (χ0v) is 18.5. The van der Waals surface area contributed by atoms with E-state index in [1.807, 2.05) is 38.1 Å². The number of nitrogens with zero attached hydrogens (tertiary/aromatic N) is 5. The van der Waals surface area contributed by atoms with Crippen molar-refractivity contribution in [3.63, 3.8) is 0 Å². The van der Waals surface area contributed by atoms with Crippen LogP contribution in [0.1, 0.15) is 17.0 Å². The molecule has 0 saturated carbocycles. The summed E-state index contributed by atoms with van der Waals surface area (Å²) in [6, 6.07) is 14.9. The number of aryl methyl sites for hydroxylation is 2. The molecule has 8 nitrogen and oxygen atoms in total. The van der Waals surface area contributed by atoms with Gasteiger partial charge in [-0.3, -0.25) is 15.6 Å². The van der Waals surface area contributed by atoms with Gasteiger partial charge in [-0.2, -0.15) is 10.5 Å². The number of urea groups is 1. The van der Waals surface area contributed by atoms with E-state index in [9.17, 15) is 10.1 Å². The average Bonchev–Trinajstić information content (AvgIpc) is 3.22. The SMILES string of the molecule is Cc1cc(-c2sc(NC(=O)N3CCN[C@H](C#N)C3)nc2-c2cccc(C#N)c2)cc(C)n1. The van der Waals surface area contributed by atoms with E-state index in [1.54, 1.807) is 17.0 Å². The molecule has 1 fully saturated rings. The van der Waals surface area contributed by atoms with E-state index < -0.39 is 0 Å². The van der Waals surface area contributed by atoms with Crippen LogP contribution in [0.4, 0.5) is 9.93 Å². The third-order valence-corrected chi connectivity index (χ3v) is 6.09. The van der Waals surface area contributed by atoms with E-state index >= 15 is 0 Å². The lowest BCUT2D eigenvalue weighted by atomic mass is 10.0. The maximum absolute atomic E-state index is 12.8. The quantitative estimate of drug-likeness (QED) is 0.637. The molecule has 1 saturated heterocycles. The second-order valence-corrected chi connectivity index (χ2v) is 8.54. The Balaban J connectivity index is 1.71. The van der Waals surface area contributed by atoms with Crippen molar-refractivity contribution in [2.75, 3.05) is 25.0 Å². The van der Waals surface area contributed by atoms with Crippen molar-refractivity contribution >= 4 is 22.5 Å². The number of carbonyl (C=O) groups is 1. The van der Waals surface area contributed by atoms with E-state index in [1.165, 1.54) is 11.3 Å². The predicted molar refractivity (Wildman–Crippen MR) is 123 cm³/mol. The first-order valence-electron chi connectivity index (χ1n) is 10.1. The molecule has 2 N–H and O–H groups in total. The number of rotatable bonds is 3. The highest BCUT2D eigenvalue weighted by Gasteiger charge is 2.24. The summed E-state index contributed by atoms with van der Waals surface area (Å²) < 4.78 is 0. The molecule has 1 aromatic carbocycles. The first-order valence-corrected chi connectivity index (χ1v) is 10.9. The van der Waals surface area contributed by atoms with Gasteiger partial charge in [0.2, 0.25) is 0 Å². The molecule has 9 heteroatoms. The number of aromatic nitrogens is 2. The third kappa shape index (κ3) is 4.59. The van der Waals surface area contributed by atoms with Crippen LogP contribution in [0.5, 0.6) is 0 Å². The first-order chi connectivity index (χ1) is 15.5. The summed E-state index contributed by atoms with van der Waals surface area (Å²) in [6.07, 6.45) is 0. The number of pyridine rings is 1. The second-order valence-electron chi connectivity index (χ2n) is 7.54. The van der Waals surface area contributed by atoms with Crippen LogP contribution in [0.25, 0.3) is 21.7 Å². The summed E-state index contributed by atoms with van der Waals surface area (Å²) in [5, 5.41) is 24.9. The maximum Gasteiger partial charge on any atom is 0.323 e. The smallest absolute Gasteiger partial charge is 0.321 e. The topological polar surface area (TPSA) is 118 Å². The number of benzene rings is 1. The van der Waals surface area contributed by atoms with Crippen LogP contribution in [0.2, 0.25) is 0 Å². The van der Waals surface area contributed by atoms with Gasteiger partial charge in [-0.25, -0.2) is 9.78 Å². The van der Waals surface area contributed by atoms with Crippen LogP contribution < -0.4 is 10.6 Å². The van der Waals surface area contributed by atoms with Gasteiger partial charge in [0, 0.05) is 30.0 Å². The van der Waals surface area contributed by atoms with E-state index in [0.717, 1.165) is 27.4 Å². The van der Waals surface area contributed by atoms with Gasteiger partial charge in [0.05, 0.1) is 34.8 Å². The lowest BCUT2D eigenvalue weighted by Gasteiger charge is -2.30. The minimum absolute atomic E-state index is 0.286. The number of amides is 2. The fourth-order valence-corrected chi connectivity index (χ4v) is 4.62. The molecule has 0 aliphatic carbocycles. The zero-order valence-electron chi connectivity index (χ0n) is 17.7. The summed E-state index contributed by atoms with van der Waals surface area (Å²) in [5.74, 6) is 0.